The largest absolute Gasteiger partial charge is 0.345 e. The summed E-state index contributed by atoms with van der Waals surface area (Å²) >= 11 is 1.44. The summed E-state index contributed by atoms with van der Waals surface area (Å²) in [7, 11) is 0. The Balaban J connectivity index is 1.33. The van der Waals surface area contributed by atoms with Crippen molar-refractivity contribution >= 4 is 44.0 Å². The van der Waals surface area contributed by atoms with Crippen molar-refractivity contribution in [3.63, 3.8) is 0 Å². The number of fused-ring (bicyclic) bond motifs is 1. The summed E-state index contributed by atoms with van der Waals surface area (Å²) in [5.74, 6) is -0.485. The summed E-state index contributed by atoms with van der Waals surface area (Å²) in [6.07, 6.45) is 0. The molecule has 0 saturated carbocycles. The number of hydrogen-bond acceptors (Lipinski definition) is 7. The van der Waals surface area contributed by atoms with Gasteiger partial charge in [-0.3, -0.25) is 19.8 Å². The molecule has 1 aliphatic heterocycles. The Morgan fingerprint density at radius 2 is 1.90 bits per heavy atom. The molecule has 2 heterocycles. The molecule has 0 radical (unpaired) electrons. The first-order valence-electron chi connectivity index (χ1n) is 9.06. The van der Waals surface area contributed by atoms with Gasteiger partial charge in [0.1, 0.15) is 5.82 Å². The summed E-state index contributed by atoms with van der Waals surface area (Å²) in [5, 5.41) is 14.5. The number of non-ortho nitro benzene ring substituents is 1. The van der Waals surface area contributed by atoms with Gasteiger partial charge in [-0.15, -0.1) is 0 Å². The van der Waals surface area contributed by atoms with Gasteiger partial charge in [0.25, 0.3) is 5.69 Å². The van der Waals surface area contributed by atoms with Crippen LogP contribution < -0.4 is 10.2 Å². The molecular formula is C19H18FN5O3S. The number of nitrogens with zero attached hydrogens (tertiary/aromatic N) is 4. The molecule has 1 saturated heterocycles. The number of amides is 1. The third-order valence-electron chi connectivity index (χ3n) is 4.71. The van der Waals surface area contributed by atoms with Crippen molar-refractivity contribution in [1.29, 1.82) is 0 Å². The molecule has 150 valence electrons. The second kappa shape index (κ2) is 8.10. The van der Waals surface area contributed by atoms with Crippen LogP contribution in [-0.4, -0.2) is 53.4 Å². The van der Waals surface area contributed by atoms with Crippen molar-refractivity contribution in [3.8, 4) is 0 Å². The molecule has 0 spiro atoms. The van der Waals surface area contributed by atoms with Gasteiger partial charge < -0.3 is 10.2 Å². The third kappa shape index (κ3) is 4.49. The Bertz CT molecular complexity index is 1050. The fourth-order valence-corrected chi connectivity index (χ4v) is 4.23. The number of thiazole rings is 1. The van der Waals surface area contributed by atoms with Crippen molar-refractivity contribution in [3.05, 3.63) is 58.4 Å². The topological polar surface area (TPSA) is 91.6 Å². The van der Waals surface area contributed by atoms with Crippen molar-refractivity contribution < 1.29 is 14.1 Å². The van der Waals surface area contributed by atoms with Crippen LogP contribution >= 0.6 is 11.3 Å². The standard InChI is InChI=1S/C19H18FN5O3S/c20-13-1-3-14(4-2-13)21-18(26)12-23-7-9-24(10-8-23)19-22-16-6-5-15(25(27)28)11-17(16)29-19/h1-6,11H,7-10,12H2,(H,21,26). The van der Waals surface area contributed by atoms with E-state index in [1.807, 2.05) is 4.90 Å². The number of aromatic nitrogens is 1. The molecular weight excluding hydrogens is 397 g/mol. The van der Waals surface area contributed by atoms with Crippen molar-refractivity contribution in [2.75, 3.05) is 42.9 Å². The molecule has 1 N–H and O–H groups in total. The highest BCUT2D eigenvalue weighted by Gasteiger charge is 2.22. The third-order valence-corrected chi connectivity index (χ3v) is 5.79. The van der Waals surface area contributed by atoms with E-state index < -0.39 is 4.92 Å². The summed E-state index contributed by atoms with van der Waals surface area (Å²) in [6, 6.07) is 10.4. The van der Waals surface area contributed by atoms with Crippen molar-refractivity contribution in [1.82, 2.24) is 9.88 Å². The molecule has 1 fully saturated rings. The number of carbonyl (C=O) groups excluding carboxylic acids is 1. The highest BCUT2D eigenvalue weighted by molar-refractivity contribution is 7.22. The van der Waals surface area contributed by atoms with Gasteiger partial charge in [0.2, 0.25) is 5.91 Å². The first-order chi connectivity index (χ1) is 14.0. The van der Waals surface area contributed by atoms with Gasteiger partial charge in [0.05, 0.1) is 21.7 Å². The van der Waals surface area contributed by atoms with E-state index in [0.29, 0.717) is 31.9 Å². The van der Waals surface area contributed by atoms with Crippen LogP contribution in [0, 0.1) is 15.9 Å². The first-order valence-corrected chi connectivity index (χ1v) is 9.87. The predicted molar refractivity (Wildman–Crippen MR) is 110 cm³/mol. The Morgan fingerprint density at radius 1 is 1.17 bits per heavy atom. The van der Waals surface area contributed by atoms with Crippen LogP contribution in [0.15, 0.2) is 42.5 Å². The van der Waals surface area contributed by atoms with Crippen LogP contribution in [0.3, 0.4) is 0 Å². The highest BCUT2D eigenvalue weighted by atomic mass is 32.1. The Morgan fingerprint density at radius 3 is 2.59 bits per heavy atom. The van der Waals surface area contributed by atoms with E-state index in [4.69, 9.17) is 0 Å². The minimum absolute atomic E-state index is 0.0599. The predicted octanol–water partition coefficient (Wildman–Crippen LogP) is 3.10. The zero-order valence-electron chi connectivity index (χ0n) is 15.4. The van der Waals surface area contributed by atoms with Crippen LogP contribution in [0.2, 0.25) is 0 Å². The van der Waals surface area contributed by atoms with E-state index in [9.17, 15) is 19.3 Å². The number of halogens is 1. The monoisotopic (exact) mass is 415 g/mol. The number of rotatable bonds is 5. The first kappa shape index (κ1) is 19.2. The second-order valence-corrected chi connectivity index (χ2v) is 7.73. The van der Waals surface area contributed by atoms with Gasteiger partial charge in [0, 0.05) is 44.0 Å². The molecule has 29 heavy (non-hydrogen) atoms. The molecule has 1 amide bonds. The van der Waals surface area contributed by atoms with Crippen LogP contribution in [0.5, 0.6) is 0 Å². The summed E-state index contributed by atoms with van der Waals surface area (Å²) < 4.78 is 13.7. The quantitative estimate of drug-likeness (QED) is 0.509. The smallest absolute Gasteiger partial charge is 0.270 e. The number of hydrogen-bond donors (Lipinski definition) is 1. The lowest BCUT2D eigenvalue weighted by molar-refractivity contribution is -0.384. The lowest BCUT2D eigenvalue weighted by atomic mass is 10.3. The highest BCUT2D eigenvalue weighted by Crippen LogP contribution is 2.31. The molecule has 0 unspecified atom stereocenters. The van der Waals surface area contributed by atoms with Gasteiger partial charge in [-0.1, -0.05) is 11.3 Å². The second-order valence-electron chi connectivity index (χ2n) is 6.72. The summed E-state index contributed by atoms with van der Waals surface area (Å²) in [4.78, 5) is 31.5. The minimum Gasteiger partial charge on any atom is -0.345 e. The van der Waals surface area contributed by atoms with E-state index in [2.05, 4.69) is 15.2 Å². The number of carbonyl (C=O) groups is 1. The molecule has 10 heteroatoms. The zero-order valence-corrected chi connectivity index (χ0v) is 16.2. The lowest BCUT2D eigenvalue weighted by Gasteiger charge is -2.34. The fourth-order valence-electron chi connectivity index (χ4n) is 3.18. The normalized spacial score (nSPS) is 14.9. The molecule has 1 aliphatic rings. The van der Waals surface area contributed by atoms with Crippen LogP contribution in [-0.2, 0) is 4.79 Å². The Labute approximate surface area is 169 Å². The molecule has 0 aliphatic carbocycles. The van der Waals surface area contributed by atoms with Crippen LogP contribution in [0.1, 0.15) is 0 Å². The van der Waals surface area contributed by atoms with Gasteiger partial charge in [-0.05, 0) is 30.3 Å². The van der Waals surface area contributed by atoms with Gasteiger partial charge in [-0.2, -0.15) is 0 Å². The molecule has 1 aromatic heterocycles. The van der Waals surface area contributed by atoms with E-state index in [1.165, 1.54) is 41.7 Å². The van der Waals surface area contributed by atoms with Gasteiger partial charge in [0.15, 0.2) is 5.13 Å². The summed E-state index contributed by atoms with van der Waals surface area (Å²) in [6.45, 7) is 3.09. The average molecular weight is 415 g/mol. The number of benzene rings is 2. The van der Waals surface area contributed by atoms with Crippen molar-refractivity contribution in [2.45, 2.75) is 0 Å². The number of nitrogens with one attached hydrogen (secondary N) is 1. The van der Waals surface area contributed by atoms with Crippen molar-refractivity contribution in [2.24, 2.45) is 0 Å². The minimum atomic E-state index is -0.408. The van der Waals surface area contributed by atoms with Gasteiger partial charge in [-0.25, -0.2) is 9.37 Å². The zero-order chi connectivity index (χ0) is 20.4. The lowest BCUT2D eigenvalue weighted by Crippen LogP contribution is -2.48. The number of anilines is 2. The van der Waals surface area contributed by atoms with E-state index in [0.717, 1.165) is 15.3 Å². The van der Waals surface area contributed by atoms with Gasteiger partial charge >= 0.3 is 0 Å². The average Bonchev–Trinajstić information content (AvgIpc) is 3.13. The summed E-state index contributed by atoms with van der Waals surface area (Å²) in [5.41, 5.74) is 1.37. The molecule has 4 rings (SSSR count). The van der Waals surface area contributed by atoms with E-state index >= 15 is 0 Å². The number of nitro groups is 1. The maximum atomic E-state index is 12.9. The molecule has 2 aromatic carbocycles. The van der Waals surface area contributed by atoms with E-state index in [1.54, 1.807) is 12.1 Å². The number of piperazine rings is 1. The fraction of sp³-hybridized carbons (Fsp3) is 0.263. The molecule has 8 nitrogen and oxygen atoms in total. The molecule has 3 aromatic rings. The maximum absolute atomic E-state index is 12.9. The van der Waals surface area contributed by atoms with Crippen LogP contribution in [0.25, 0.3) is 10.2 Å². The van der Waals surface area contributed by atoms with Crippen LogP contribution in [0.4, 0.5) is 20.9 Å². The maximum Gasteiger partial charge on any atom is 0.270 e. The molecule has 0 atom stereocenters. The molecule has 0 bridgehead atoms. The number of nitro benzene ring substituents is 1. The Kier molecular flexibility index (Phi) is 5.36. The SMILES string of the molecule is O=C(CN1CCN(c2nc3ccc([N+](=O)[O-])cc3s2)CC1)Nc1ccc(F)cc1. The Hall–Kier alpha value is -3.11. The van der Waals surface area contributed by atoms with E-state index in [-0.39, 0.29) is 24.0 Å².